The monoisotopic (exact) mass is 373 g/mol. The molecule has 0 unspecified atom stereocenters. The van der Waals surface area contributed by atoms with E-state index >= 15 is 0 Å². The predicted octanol–water partition coefficient (Wildman–Crippen LogP) is 4.10. The Balaban J connectivity index is 1.75. The van der Waals surface area contributed by atoms with Crippen LogP contribution in [0, 0.1) is 13.8 Å². The quantitative estimate of drug-likeness (QED) is 0.585. The summed E-state index contributed by atoms with van der Waals surface area (Å²) in [4.78, 5) is 35.6. The van der Waals surface area contributed by atoms with Crippen molar-refractivity contribution in [3.05, 3.63) is 64.2 Å². The first-order chi connectivity index (χ1) is 12.3. The fraction of sp³-hybridized carbons (Fsp3) is 0.250. The van der Waals surface area contributed by atoms with Crippen LogP contribution in [0.4, 0.5) is 5.69 Å². The van der Waals surface area contributed by atoms with Gasteiger partial charge in [0.2, 0.25) is 5.91 Å². The van der Waals surface area contributed by atoms with Crippen LogP contribution in [0.5, 0.6) is 0 Å². The Morgan fingerprint density at radius 1 is 1.00 bits per heavy atom. The third-order valence-corrected chi connectivity index (χ3v) is 4.01. The van der Waals surface area contributed by atoms with Gasteiger partial charge < -0.3 is 10.1 Å². The fourth-order valence-corrected chi connectivity index (χ4v) is 2.36. The van der Waals surface area contributed by atoms with Gasteiger partial charge in [-0.2, -0.15) is 0 Å². The molecular formula is C20H20ClNO4. The van der Waals surface area contributed by atoms with Crippen molar-refractivity contribution < 1.29 is 19.1 Å². The van der Waals surface area contributed by atoms with Crippen molar-refractivity contribution in [2.75, 3.05) is 11.9 Å². The minimum absolute atomic E-state index is 0.0125. The van der Waals surface area contributed by atoms with Gasteiger partial charge in [-0.05, 0) is 55.3 Å². The van der Waals surface area contributed by atoms with Crippen LogP contribution in [0.2, 0.25) is 5.02 Å². The number of rotatable bonds is 7. The van der Waals surface area contributed by atoms with Crippen molar-refractivity contribution in [1.29, 1.82) is 0 Å². The highest BCUT2D eigenvalue weighted by Crippen LogP contribution is 2.16. The number of carbonyl (C=O) groups is 3. The molecule has 5 nitrogen and oxygen atoms in total. The van der Waals surface area contributed by atoms with E-state index in [9.17, 15) is 14.4 Å². The maximum atomic E-state index is 12.0. The average molecular weight is 374 g/mol. The number of carbonyl (C=O) groups excluding carboxylic acids is 3. The van der Waals surface area contributed by atoms with Crippen LogP contribution < -0.4 is 5.32 Å². The molecule has 0 bridgehead atoms. The van der Waals surface area contributed by atoms with Crippen molar-refractivity contribution in [3.8, 4) is 0 Å². The van der Waals surface area contributed by atoms with Crippen molar-refractivity contribution in [2.45, 2.75) is 26.7 Å². The lowest BCUT2D eigenvalue weighted by Crippen LogP contribution is -2.17. The van der Waals surface area contributed by atoms with E-state index in [1.165, 1.54) is 0 Å². The van der Waals surface area contributed by atoms with E-state index < -0.39 is 5.97 Å². The summed E-state index contributed by atoms with van der Waals surface area (Å²) in [5.74, 6) is -1.20. The first kappa shape index (κ1) is 19.7. The first-order valence-electron chi connectivity index (χ1n) is 8.16. The SMILES string of the molecule is Cc1ccc(C)c(NC(=O)CCC(=O)OCC(=O)c2ccc(Cl)cc2)c1. The number of ketones is 1. The normalized spacial score (nSPS) is 10.3. The van der Waals surface area contributed by atoms with E-state index in [4.69, 9.17) is 16.3 Å². The number of Topliss-reactive ketones (excluding diaryl/α,β-unsaturated/α-hetero) is 1. The fourth-order valence-electron chi connectivity index (χ4n) is 2.24. The maximum Gasteiger partial charge on any atom is 0.306 e. The molecule has 0 heterocycles. The minimum Gasteiger partial charge on any atom is -0.457 e. The maximum absolute atomic E-state index is 12.0. The van der Waals surface area contributed by atoms with Crippen LogP contribution in [-0.2, 0) is 14.3 Å². The van der Waals surface area contributed by atoms with Crippen LogP contribution in [-0.4, -0.2) is 24.3 Å². The van der Waals surface area contributed by atoms with Gasteiger partial charge in [0.1, 0.15) is 0 Å². The summed E-state index contributed by atoms with van der Waals surface area (Å²) in [6.45, 7) is 3.47. The van der Waals surface area contributed by atoms with Gasteiger partial charge in [0.25, 0.3) is 0 Å². The molecule has 6 heteroatoms. The molecule has 0 atom stereocenters. The third-order valence-electron chi connectivity index (χ3n) is 3.75. The molecule has 2 aromatic rings. The molecule has 136 valence electrons. The highest BCUT2D eigenvalue weighted by Gasteiger charge is 2.12. The van der Waals surface area contributed by atoms with Crippen LogP contribution in [0.25, 0.3) is 0 Å². The second kappa shape index (κ2) is 9.15. The third kappa shape index (κ3) is 6.01. The van der Waals surface area contributed by atoms with Gasteiger partial charge in [-0.3, -0.25) is 14.4 Å². The Kier molecular flexibility index (Phi) is 6.92. The summed E-state index contributed by atoms with van der Waals surface area (Å²) in [6, 6.07) is 12.1. The molecular weight excluding hydrogens is 354 g/mol. The van der Waals surface area contributed by atoms with Crippen molar-refractivity contribution in [2.24, 2.45) is 0 Å². The van der Waals surface area contributed by atoms with Crippen molar-refractivity contribution >= 4 is 34.9 Å². The number of aryl methyl sites for hydroxylation is 2. The van der Waals surface area contributed by atoms with Gasteiger partial charge in [0.05, 0.1) is 6.42 Å². The van der Waals surface area contributed by atoms with E-state index in [1.54, 1.807) is 24.3 Å². The van der Waals surface area contributed by atoms with Crippen LogP contribution in [0.1, 0.15) is 34.3 Å². The summed E-state index contributed by atoms with van der Waals surface area (Å²) in [5, 5.41) is 3.30. The number of anilines is 1. The number of amides is 1. The van der Waals surface area contributed by atoms with Crippen LogP contribution >= 0.6 is 11.6 Å². The van der Waals surface area contributed by atoms with Gasteiger partial charge >= 0.3 is 5.97 Å². The zero-order valence-electron chi connectivity index (χ0n) is 14.7. The Bertz CT molecular complexity index is 815. The van der Waals surface area contributed by atoms with Gasteiger partial charge in [0, 0.05) is 22.7 Å². The Morgan fingerprint density at radius 2 is 1.69 bits per heavy atom. The van der Waals surface area contributed by atoms with E-state index in [0.717, 1.165) is 16.8 Å². The molecule has 0 saturated heterocycles. The van der Waals surface area contributed by atoms with E-state index in [-0.39, 0.29) is 31.1 Å². The van der Waals surface area contributed by atoms with Crippen LogP contribution in [0.15, 0.2) is 42.5 Å². The molecule has 0 aliphatic carbocycles. The molecule has 0 aliphatic rings. The number of benzene rings is 2. The summed E-state index contributed by atoms with van der Waals surface area (Å²) in [7, 11) is 0. The lowest BCUT2D eigenvalue weighted by molar-refractivity contribution is -0.143. The Morgan fingerprint density at radius 3 is 2.38 bits per heavy atom. The van der Waals surface area contributed by atoms with Crippen molar-refractivity contribution in [3.63, 3.8) is 0 Å². The van der Waals surface area contributed by atoms with Crippen molar-refractivity contribution in [1.82, 2.24) is 0 Å². The molecule has 2 aromatic carbocycles. The standard InChI is InChI=1S/C20H20ClNO4/c1-13-3-4-14(2)17(11-13)22-19(24)9-10-20(25)26-12-18(23)15-5-7-16(21)8-6-15/h3-8,11H,9-10,12H2,1-2H3,(H,22,24). The average Bonchev–Trinajstić information content (AvgIpc) is 2.61. The molecule has 0 aliphatic heterocycles. The summed E-state index contributed by atoms with van der Waals surface area (Å²) in [6.07, 6.45) is -0.105. The zero-order chi connectivity index (χ0) is 19.1. The topological polar surface area (TPSA) is 72.5 Å². The van der Waals surface area contributed by atoms with Crippen LogP contribution in [0.3, 0.4) is 0 Å². The highest BCUT2D eigenvalue weighted by atomic mass is 35.5. The van der Waals surface area contributed by atoms with Gasteiger partial charge in [-0.25, -0.2) is 0 Å². The van der Waals surface area contributed by atoms with Gasteiger partial charge in [0.15, 0.2) is 12.4 Å². The number of nitrogens with one attached hydrogen (secondary N) is 1. The lowest BCUT2D eigenvalue weighted by atomic mass is 10.1. The molecule has 1 N–H and O–H groups in total. The predicted molar refractivity (Wildman–Crippen MR) is 101 cm³/mol. The lowest BCUT2D eigenvalue weighted by Gasteiger charge is -2.09. The smallest absolute Gasteiger partial charge is 0.306 e. The summed E-state index contributed by atoms with van der Waals surface area (Å²) in [5.41, 5.74) is 3.11. The second-order valence-electron chi connectivity index (χ2n) is 5.96. The van der Waals surface area contributed by atoms with E-state index in [0.29, 0.717) is 10.6 Å². The Labute approximate surface area is 157 Å². The zero-order valence-corrected chi connectivity index (χ0v) is 15.4. The second-order valence-corrected chi connectivity index (χ2v) is 6.39. The Hall–Kier alpha value is -2.66. The molecule has 0 radical (unpaired) electrons. The molecule has 0 aromatic heterocycles. The van der Waals surface area contributed by atoms with Gasteiger partial charge in [-0.15, -0.1) is 0 Å². The van der Waals surface area contributed by atoms with Gasteiger partial charge in [-0.1, -0.05) is 23.7 Å². The molecule has 1 amide bonds. The summed E-state index contributed by atoms with van der Waals surface area (Å²) < 4.78 is 4.93. The molecule has 0 saturated carbocycles. The number of hydrogen-bond donors (Lipinski definition) is 1. The first-order valence-corrected chi connectivity index (χ1v) is 8.54. The molecule has 0 fully saturated rings. The van der Waals surface area contributed by atoms with E-state index in [1.807, 2.05) is 32.0 Å². The number of ether oxygens (including phenoxy) is 1. The van der Waals surface area contributed by atoms with E-state index in [2.05, 4.69) is 5.32 Å². The largest absolute Gasteiger partial charge is 0.457 e. The minimum atomic E-state index is -0.594. The number of hydrogen-bond acceptors (Lipinski definition) is 4. The highest BCUT2D eigenvalue weighted by molar-refractivity contribution is 6.30. The summed E-state index contributed by atoms with van der Waals surface area (Å²) >= 11 is 5.76. The molecule has 0 spiro atoms. The molecule has 2 rings (SSSR count). The number of esters is 1. The molecule has 26 heavy (non-hydrogen) atoms. The number of halogens is 1.